The molecule has 0 saturated carbocycles. The molecule has 0 aliphatic rings. The molecule has 1 aromatic carbocycles. The van der Waals surface area contributed by atoms with Gasteiger partial charge in [-0.1, -0.05) is 17.7 Å². The summed E-state index contributed by atoms with van der Waals surface area (Å²) in [7, 11) is 0. The average molecular weight is 410 g/mol. The third-order valence-corrected chi connectivity index (χ3v) is 4.31. The van der Waals surface area contributed by atoms with Gasteiger partial charge in [0.25, 0.3) is 5.56 Å². The molecule has 0 bridgehead atoms. The van der Waals surface area contributed by atoms with E-state index in [1.807, 2.05) is 0 Å². The molecule has 0 fully saturated rings. The van der Waals surface area contributed by atoms with Crippen LogP contribution in [0.15, 0.2) is 46.3 Å². The zero-order valence-electron chi connectivity index (χ0n) is 14.8. The van der Waals surface area contributed by atoms with E-state index in [4.69, 9.17) is 17.3 Å². The van der Waals surface area contributed by atoms with Gasteiger partial charge in [0, 0.05) is 6.07 Å². The summed E-state index contributed by atoms with van der Waals surface area (Å²) >= 11 is 6.31. The Morgan fingerprint density at radius 3 is 2.57 bits per heavy atom. The minimum absolute atomic E-state index is 0.0549. The molecule has 3 rings (SSSR count). The third kappa shape index (κ3) is 3.79. The molecule has 0 atom stereocenters. The summed E-state index contributed by atoms with van der Waals surface area (Å²) in [6.45, 7) is 3.35. The van der Waals surface area contributed by atoms with Crippen LogP contribution < -0.4 is 11.3 Å². The van der Waals surface area contributed by atoms with Crippen molar-refractivity contribution < 1.29 is 13.2 Å². The fourth-order valence-corrected chi connectivity index (χ4v) is 2.92. The zero-order chi connectivity index (χ0) is 20.6. The Morgan fingerprint density at radius 1 is 1.21 bits per heavy atom. The fraction of sp³-hybridized carbons (Fsp3) is 0.167. The van der Waals surface area contributed by atoms with E-state index in [0.717, 1.165) is 16.8 Å². The number of alkyl halides is 3. The Bertz CT molecular complexity index is 1130. The van der Waals surface area contributed by atoms with Gasteiger partial charge in [-0.25, -0.2) is 4.68 Å². The highest BCUT2D eigenvalue weighted by atomic mass is 35.5. The van der Waals surface area contributed by atoms with Crippen molar-refractivity contribution in [1.82, 2.24) is 14.5 Å². The number of aromatic nitrogens is 3. The van der Waals surface area contributed by atoms with Crippen LogP contribution in [0.3, 0.4) is 0 Å². The number of halogens is 4. The number of benzene rings is 1. The molecular weight excluding hydrogens is 395 g/mol. The molecule has 0 spiro atoms. The smallest absolute Gasteiger partial charge is 0.384 e. The number of nitrogens with two attached hydrogens (primary N) is 1. The van der Waals surface area contributed by atoms with E-state index in [1.54, 1.807) is 19.9 Å². The van der Waals surface area contributed by atoms with Crippen LogP contribution in [0.5, 0.6) is 0 Å². The monoisotopic (exact) mass is 409 g/mol. The van der Waals surface area contributed by atoms with Crippen molar-refractivity contribution in [3.63, 3.8) is 0 Å². The maximum Gasteiger partial charge on any atom is 0.416 e. The molecule has 28 heavy (non-hydrogen) atoms. The highest BCUT2D eigenvalue weighted by molar-refractivity contribution is 6.32. The standard InChI is InChI=1S/C18H15ClF3N5O/c1-10-6-15(23)27(16(28)7-10)24-9-14-11(2)25-26(17(14)19)13-5-3-4-12(8-13)18(20,21)22/h3-9H,23H2,1-2H3. The van der Waals surface area contributed by atoms with E-state index in [1.165, 1.54) is 29.1 Å². The van der Waals surface area contributed by atoms with Crippen LogP contribution >= 0.6 is 11.6 Å². The number of rotatable bonds is 3. The van der Waals surface area contributed by atoms with Gasteiger partial charge in [0.1, 0.15) is 11.0 Å². The molecule has 0 unspecified atom stereocenters. The molecule has 6 nitrogen and oxygen atoms in total. The second-order valence-electron chi connectivity index (χ2n) is 6.10. The number of anilines is 1. The van der Waals surface area contributed by atoms with Gasteiger partial charge in [-0.15, -0.1) is 0 Å². The second kappa shape index (κ2) is 7.16. The molecule has 2 heterocycles. The van der Waals surface area contributed by atoms with Crippen molar-refractivity contribution in [3.05, 3.63) is 74.3 Å². The van der Waals surface area contributed by atoms with E-state index in [2.05, 4.69) is 10.2 Å². The number of nitrogen functional groups attached to an aromatic ring is 1. The summed E-state index contributed by atoms with van der Waals surface area (Å²) < 4.78 is 41.0. The van der Waals surface area contributed by atoms with Crippen molar-refractivity contribution in [3.8, 4) is 5.69 Å². The predicted octanol–water partition coefficient (Wildman–Crippen LogP) is 3.79. The first-order chi connectivity index (χ1) is 13.1. The lowest BCUT2D eigenvalue weighted by Gasteiger charge is -2.09. The highest BCUT2D eigenvalue weighted by Crippen LogP contribution is 2.31. The molecule has 10 heteroatoms. The van der Waals surface area contributed by atoms with Gasteiger partial charge in [-0.3, -0.25) is 4.79 Å². The molecule has 3 aromatic rings. The van der Waals surface area contributed by atoms with Gasteiger partial charge in [-0.05, 0) is 43.7 Å². The number of nitrogens with zero attached hydrogens (tertiary/aromatic N) is 4. The van der Waals surface area contributed by atoms with Crippen LogP contribution in [0.25, 0.3) is 5.69 Å². The normalized spacial score (nSPS) is 12.1. The first-order valence-corrected chi connectivity index (χ1v) is 8.42. The van der Waals surface area contributed by atoms with Crippen molar-refractivity contribution in [2.24, 2.45) is 5.10 Å². The Hall–Kier alpha value is -3.07. The number of aryl methyl sites for hydroxylation is 2. The van der Waals surface area contributed by atoms with Gasteiger partial charge >= 0.3 is 6.18 Å². The Morgan fingerprint density at radius 2 is 1.93 bits per heavy atom. The van der Waals surface area contributed by atoms with Crippen LogP contribution in [0.1, 0.15) is 22.4 Å². The Balaban J connectivity index is 2.03. The third-order valence-electron chi connectivity index (χ3n) is 3.95. The number of hydrogen-bond donors (Lipinski definition) is 1. The topological polar surface area (TPSA) is 78.2 Å². The summed E-state index contributed by atoms with van der Waals surface area (Å²) in [6.07, 6.45) is -3.19. The summed E-state index contributed by atoms with van der Waals surface area (Å²) in [5.41, 5.74) is 6.18. The molecule has 2 aromatic heterocycles. The molecule has 0 aliphatic carbocycles. The summed E-state index contributed by atoms with van der Waals surface area (Å²) in [4.78, 5) is 12.0. The first-order valence-electron chi connectivity index (χ1n) is 8.04. The van der Waals surface area contributed by atoms with Gasteiger partial charge in [0.15, 0.2) is 0 Å². The van der Waals surface area contributed by atoms with Crippen molar-refractivity contribution in [2.75, 3.05) is 5.73 Å². The second-order valence-corrected chi connectivity index (χ2v) is 6.46. The van der Waals surface area contributed by atoms with Gasteiger partial charge in [0.2, 0.25) is 0 Å². The van der Waals surface area contributed by atoms with Gasteiger partial charge in [0.05, 0.1) is 28.7 Å². The van der Waals surface area contributed by atoms with E-state index in [-0.39, 0.29) is 16.7 Å². The van der Waals surface area contributed by atoms with Crippen LogP contribution in [-0.4, -0.2) is 20.7 Å². The lowest BCUT2D eigenvalue weighted by Crippen LogP contribution is -2.19. The van der Waals surface area contributed by atoms with E-state index >= 15 is 0 Å². The largest absolute Gasteiger partial charge is 0.416 e. The maximum atomic E-state index is 13.0. The summed E-state index contributed by atoms with van der Waals surface area (Å²) in [6, 6.07) is 7.58. The Kier molecular flexibility index (Phi) is 5.03. The van der Waals surface area contributed by atoms with Crippen LogP contribution in [0, 0.1) is 13.8 Å². The van der Waals surface area contributed by atoms with Crippen LogP contribution in [0.4, 0.5) is 19.0 Å². The van der Waals surface area contributed by atoms with E-state index in [9.17, 15) is 18.0 Å². The Labute approximate surface area is 162 Å². The molecule has 2 N–H and O–H groups in total. The van der Waals surface area contributed by atoms with Crippen molar-refractivity contribution in [2.45, 2.75) is 20.0 Å². The van der Waals surface area contributed by atoms with Crippen LogP contribution in [0.2, 0.25) is 5.15 Å². The highest BCUT2D eigenvalue weighted by Gasteiger charge is 2.30. The SMILES string of the molecule is Cc1cc(N)n(N=Cc2c(C)nn(-c3cccc(C(F)(F)F)c3)c2Cl)c(=O)c1. The first kappa shape index (κ1) is 19.7. The van der Waals surface area contributed by atoms with Crippen LogP contribution in [-0.2, 0) is 6.18 Å². The molecule has 0 amide bonds. The van der Waals surface area contributed by atoms with E-state index in [0.29, 0.717) is 16.8 Å². The lowest BCUT2D eigenvalue weighted by molar-refractivity contribution is -0.137. The minimum Gasteiger partial charge on any atom is -0.384 e. The number of pyridine rings is 1. The minimum atomic E-state index is -4.49. The quantitative estimate of drug-likeness (QED) is 0.668. The summed E-state index contributed by atoms with van der Waals surface area (Å²) in [5.74, 6) is 0.139. The molecule has 146 valence electrons. The molecule has 0 aliphatic heterocycles. The predicted molar refractivity (Wildman–Crippen MR) is 101 cm³/mol. The molecule has 0 radical (unpaired) electrons. The average Bonchev–Trinajstić information content (AvgIpc) is 2.88. The van der Waals surface area contributed by atoms with Crippen molar-refractivity contribution in [1.29, 1.82) is 0 Å². The number of hydrogen-bond acceptors (Lipinski definition) is 4. The van der Waals surface area contributed by atoms with Crippen molar-refractivity contribution >= 4 is 23.6 Å². The summed E-state index contributed by atoms with van der Waals surface area (Å²) in [5, 5.41) is 8.28. The van der Waals surface area contributed by atoms with E-state index < -0.39 is 17.3 Å². The fourth-order valence-electron chi connectivity index (χ4n) is 2.60. The van der Waals surface area contributed by atoms with Gasteiger partial charge in [-0.2, -0.15) is 28.0 Å². The zero-order valence-corrected chi connectivity index (χ0v) is 15.6. The lowest BCUT2D eigenvalue weighted by atomic mass is 10.2. The molecule has 0 saturated heterocycles. The van der Waals surface area contributed by atoms with Gasteiger partial charge < -0.3 is 5.73 Å². The molecular formula is C18H15ClF3N5O. The maximum absolute atomic E-state index is 13.0.